The molecule has 0 aliphatic carbocycles. The Bertz CT molecular complexity index is 1160. The number of hydrazine groups is 1. The van der Waals surface area contributed by atoms with Gasteiger partial charge in [0.25, 0.3) is 11.8 Å². The number of carbonyl (C=O) groups is 2. The molecule has 0 saturated carbocycles. The Hall–Kier alpha value is -2.95. The fourth-order valence-corrected chi connectivity index (χ4v) is 4.11. The fourth-order valence-electron chi connectivity index (χ4n) is 2.80. The van der Waals surface area contributed by atoms with Gasteiger partial charge in [-0.15, -0.1) is 0 Å². The first-order valence-corrected chi connectivity index (χ1v) is 12.2. The zero-order valence-electron chi connectivity index (χ0n) is 17.8. The summed E-state index contributed by atoms with van der Waals surface area (Å²) >= 11 is 11.8. The molecule has 0 aliphatic heterocycles. The van der Waals surface area contributed by atoms with Crippen LogP contribution in [0.5, 0.6) is 11.5 Å². The van der Waals surface area contributed by atoms with E-state index >= 15 is 0 Å². The Morgan fingerprint density at radius 1 is 0.853 bits per heavy atom. The fraction of sp³-hybridized carbons (Fsp3) is 0.125. The summed E-state index contributed by atoms with van der Waals surface area (Å²) in [6.07, 6.45) is 0.710. The Balaban J connectivity index is 1.44. The SMILES string of the molecule is O=C(COc1ccc(Br)cc1Br)NNC(=S)NC(=O)c1ccccc1OCCc1ccccc1. The lowest BCUT2D eigenvalue weighted by molar-refractivity contribution is -0.123. The van der Waals surface area contributed by atoms with E-state index in [0.29, 0.717) is 34.6 Å². The molecule has 0 saturated heterocycles. The lowest BCUT2D eigenvalue weighted by atomic mass is 10.1. The predicted octanol–water partition coefficient (Wildman–Crippen LogP) is 4.55. The van der Waals surface area contributed by atoms with Crippen molar-refractivity contribution in [3.05, 3.63) is 92.9 Å². The summed E-state index contributed by atoms with van der Waals surface area (Å²) in [7, 11) is 0. The van der Waals surface area contributed by atoms with E-state index in [4.69, 9.17) is 21.7 Å². The monoisotopic (exact) mass is 605 g/mol. The molecule has 0 heterocycles. The first-order valence-electron chi connectivity index (χ1n) is 10.2. The summed E-state index contributed by atoms with van der Waals surface area (Å²) in [6.45, 7) is 0.170. The largest absolute Gasteiger partial charge is 0.492 e. The molecule has 0 atom stereocenters. The Labute approximate surface area is 219 Å². The number of hydrogen-bond acceptors (Lipinski definition) is 5. The standard InChI is InChI=1S/C24H21Br2N3O4S/c25-17-10-11-21(19(26)14-17)33-15-22(30)28-29-24(34)27-23(31)18-8-4-5-9-20(18)32-13-12-16-6-2-1-3-7-16/h1-11,14H,12-13,15H2,(H,28,30)(H2,27,29,31,34). The molecule has 176 valence electrons. The molecule has 34 heavy (non-hydrogen) atoms. The maximum Gasteiger partial charge on any atom is 0.276 e. The minimum absolute atomic E-state index is 0.0674. The molecule has 3 aromatic carbocycles. The molecule has 0 bridgehead atoms. The smallest absolute Gasteiger partial charge is 0.276 e. The van der Waals surface area contributed by atoms with Crippen LogP contribution < -0.4 is 25.6 Å². The van der Waals surface area contributed by atoms with Gasteiger partial charge in [-0.05, 0) is 64.0 Å². The molecule has 3 aromatic rings. The van der Waals surface area contributed by atoms with Crippen molar-refractivity contribution in [2.24, 2.45) is 0 Å². The van der Waals surface area contributed by atoms with Crippen molar-refractivity contribution in [2.75, 3.05) is 13.2 Å². The second-order valence-corrected chi connectivity index (χ2v) is 9.08. The van der Waals surface area contributed by atoms with Gasteiger partial charge in [0.1, 0.15) is 11.5 Å². The highest BCUT2D eigenvalue weighted by atomic mass is 79.9. The molecule has 3 rings (SSSR count). The van der Waals surface area contributed by atoms with Crippen LogP contribution in [0.4, 0.5) is 0 Å². The average Bonchev–Trinajstić information content (AvgIpc) is 2.83. The van der Waals surface area contributed by atoms with E-state index in [1.807, 2.05) is 30.3 Å². The molecule has 3 N–H and O–H groups in total. The van der Waals surface area contributed by atoms with Crippen LogP contribution in [0.3, 0.4) is 0 Å². The lowest BCUT2D eigenvalue weighted by Gasteiger charge is -2.14. The molecule has 0 aliphatic rings. The van der Waals surface area contributed by atoms with Gasteiger partial charge < -0.3 is 9.47 Å². The summed E-state index contributed by atoms with van der Waals surface area (Å²) in [5.74, 6) is 0.0162. The Kier molecular flexibility index (Phi) is 9.87. The maximum atomic E-state index is 12.7. The van der Waals surface area contributed by atoms with Crippen LogP contribution in [-0.2, 0) is 11.2 Å². The highest BCUT2D eigenvalue weighted by Crippen LogP contribution is 2.28. The number of nitrogens with one attached hydrogen (secondary N) is 3. The Morgan fingerprint density at radius 2 is 1.59 bits per heavy atom. The van der Waals surface area contributed by atoms with Gasteiger partial charge >= 0.3 is 0 Å². The van der Waals surface area contributed by atoms with Crippen molar-refractivity contribution in [1.29, 1.82) is 0 Å². The van der Waals surface area contributed by atoms with Crippen LogP contribution >= 0.6 is 44.1 Å². The van der Waals surface area contributed by atoms with E-state index < -0.39 is 11.8 Å². The number of ether oxygens (including phenoxy) is 2. The van der Waals surface area contributed by atoms with Crippen LogP contribution in [0.25, 0.3) is 0 Å². The molecule has 2 amide bonds. The lowest BCUT2D eigenvalue weighted by Crippen LogP contribution is -2.49. The van der Waals surface area contributed by atoms with Crippen molar-refractivity contribution < 1.29 is 19.1 Å². The van der Waals surface area contributed by atoms with Gasteiger partial charge in [0.2, 0.25) is 0 Å². The van der Waals surface area contributed by atoms with Gasteiger partial charge in [-0.3, -0.25) is 25.8 Å². The second-order valence-electron chi connectivity index (χ2n) is 6.90. The number of thiocarbonyl (C=S) groups is 1. The van der Waals surface area contributed by atoms with E-state index in [2.05, 4.69) is 48.0 Å². The van der Waals surface area contributed by atoms with Crippen molar-refractivity contribution >= 4 is 61.0 Å². The number of halogens is 2. The molecular weight excluding hydrogens is 586 g/mol. The normalized spacial score (nSPS) is 10.2. The quantitative estimate of drug-likeness (QED) is 0.258. The summed E-state index contributed by atoms with van der Waals surface area (Å²) in [5, 5.41) is 2.46. The van der Waals surface area contributed by atoms with Crippen molar-refractivity contribution in [2.45, 2.75) is 6.42 Å². The van der Waals surface area contributed by atoms with Crippen molar-refractivity contribution in [1.82, 2.24) is 16.2 Å². The predicted molar refractivity (Wildman–Crippen MR) is 141 cm³/mol. The minimum Gasteiger partial charge on any atom is -0.492 e. The summed E-state index contributed by atoms with van der Waals surface area (Å²) in [6, 6.07) is 22.1. The molecule has 0 radical (unpaired) electrons. The van der Waals surface area contributed by atoms with Gasteiger partial charge in [0.15, 0.2) is 11.7 Å². The van der Waals surface area contributed by atoms with Crippen LogP contribution in [0.1, 0.15) is 15.9 Å². The second kappa shape index (κ2) is 13.1. The number of rotatable bonds is 8. The first kappa shape index (κ1) is 25.7. The zero-order valence-corrected chi connectivity index (χ0v) is 21.8. The van der Waals surface area contributed by atoms with Crippen LogP contribution in [-0.4, -0.2) is 30.1 Å². The Morgan fingerprint density at radius 3 is 2.35 bits per heavy atom. The van der Waals surface area contributed by atoms with Gasteiger partial charge in [0.05, 0.1) is 16.6 Å². The van der Waals surface area contributed by atoms with E-state index in [-0.39, 0.29) is 11.7 Å². The molecular formula is C24H21Br2N3O4S. The zero-order chi connectivity index (χ0) is 24.3. The summed E-state index contributed by atoms with van der Waals surface area (Å²) in [5.41, 5.74) is 6.34. The molecule has 0 aromatic heterocycles. The third-order valence-corrected chi connectivity index (χ3v) is 5.74. The highest BCUT2D eigenvalue weighted by molar-refractivity contribution is 9.11. The van der Waals surface area contributed by atoms with Crippen molar-refractivity contribution in [3.63, 3.8) is 0 Å². The minimum atomic E-state index is -0.476. The van der Waals surface area contributed by atoms with Gasteiger partial charge in [-0.25, -0.2) is 0 Å². The van der Waals surface area contributed by atoms with E-state index in [1.54, 1.807) is 42.5 Å². The number of hydrogen-bond donors (Lipinski definition) is 3. The van der Waals surface area contributed by atoms with Gasteiger partial charge in [0, 0.05) is 10.9 Å². The van der Waals surface area contributed by atoms with Crippen LogP contribution in [0.15, 0.2) is 81.7 Å². The van der Waals surface area contributed by atoms with E-state index in [0.717, 1.165) is 10.0 Å². The third-order valence-electron chi connectivity index (χ3n) is 4.42. The topological polar surface area (TPSA) is 88.7 Å². The summed E-state index contributed by atoms with van der Waals surface area (Å²) in [4.78, 5) is 24.7. The van der Waals surface area contributed by atoms with Crippen molar-refractivity contribution in [3.8, 4) is 11.5 Å². The average molecular weight is 607 g/mol. The molecule has 0 fully saturated rings. The number of benzene rings is 3. The number of carbonyl (C=O) groups excluding carboxylic acids is 2. The van der Waals surface area contributed by atoms with Gasteiger partial charge in [-0.1, -0.05) is 58.4 Å². The molecule has 0 spiro atoms. The highest BCUT2D eigenvalue weighted by Gasteiger charge is 2.14. The first-order chi connectivity index (χ1) is 16.4. The third kappa shape index (κ3) is 8.12. The van der Waals surface area contributed by atoms with Crippen LogP contribution in [0, 0.1) is 0 Å². The van der Waals surface area contributed by atoms with E-state index in [9.17, 15) is 9.59 Å². The molecule has 0 unspecified atom stereocenters. The van der Waals surface area contributed by atoms with Crippen LogP contribution in [0.2, 0.25) is 0 Å². The maximum absolute atomic E-state index is 12.7. The summed E-state index contributed by atoms with van der Waals surface area (Å²) < 4.78 is 12.9. The number of amides is 2. The molecule has 10 heteroatoms. The molecule has 7 nitrogen and oxygen atoms in total. The van der Waals surface area contributed by atoms with E-state index in [1.165, 1.54) is 0 Å². The number of para-hydroxylation sites is 1. The van der Waals surface area contributed by atoms with Gasteiger partial charge in [-0.2, -0.15) is 0 Å².